The van der Waals surface area contributed by atoms with Crippen molar-refractivity contribution in [2.75, 3.05) is 12.4 Å². The van der Waals surface area contributed by atoms with E-state index in [1.807, 2.05) is 6.07 Å². The number of hydrogen-bond acceptors (Lipinski definition) is 6. The Labute approximate surface area is 172 Å². The van der Waals surface area contributed by atoms with Gasteiger partial charge in [0, 0.05) is 16.6 Å². The van der Waals surface area contributed by atoms with E-state index in [-0.39, 0.29) is 5.92 Å². The topological polar surface area (TPSA) is 107 Å². The van der Waals surface area contributed by atoms with Crippen molar-refractivity contribution in [3.8, 4) is 0 Å². The van der Waals surface area contributed by atoms with E-state index in [1.54, 1.807) is 12.1 Å². The van der Waals surface area contributed by atoms with E-state index in [0.29, 0.717) is 11.3 Å². The van der Waals surface area contributed by atoms with Gasteiger partial charge in [0.15, 0.2) is 0 Å². The van der Waals surface area contributed by atoms with Gasteiger partial charge in [0.1, 0.15) is 30.5 Å². The molecule has 4 rings (SSSR count). The summed E-state index contributed by atoms with van der Waals surface area (Å²) in [5, 5.41) is 40.0. The van der Waals surface area contributed by atoms with Gasteiger partial charge in [-0.3, -0.25) is 4.21 Å². The molecule has 6 nitrogen and oxygen atoms in total. The van der Waals surface area contributed by atoms with E-state index in [4.69, 9.17) is 4.74 Å². The number of fused-ring (bicyclic) bond motifs is 1. The fraction of sp³-hybridized carbons (Fsp3) is 0.455. The molecule has 4 N–H and O–H groups in total. The van der Waals surface area contributed by atoms with Gasteiger partial charge in [-0.2, -0.15) is 0 Å². The third kappa shape index (κ3) is 3.67. The fourth-order valence-corrected chi connectivity index (χ4v) is 5.73. The molecule has 156 valence electrons. The molecule has 0 aromatic heterocycles. The molecular weight excluding hydrogens is 392 g/mol. The van der Waals surface area contributed by atoms with Crippen LogP contribution in [-0.2, 0) is 22.0 Å². The molecule has 1 fully saturated rings. The first-order chi connectivity index (χ1) is 13.9. The zero-order valence-electron chi connectivity index (χ0n) is 16.1. The molecule has 0 bridgehead atoms. The number of hydrogen-bond donors (Lipinski definition) is 4. The van der Waals surface area contributed by atoms with Crippen molar-refractivity contribution >= 4 is 10.8 Å². The predicted octanol–water partition coefficient (Wildman–Crippen LogP) is 1.02. The largest absolute Gasteiger partial charge is 0.394 e. The highest BCUT2D eigenvalue weighted by Crippen LogP contribution is 2.40. The van der Waals surface area contributed by atoms with Crippen molar-refractivity contribution in [1.29, 1.82) is 0 Å². The average molecular weight is 419 g/mol. The lowest BCUT2D eigenvalue weighted by Gasteiger charge is -2.40. The third-order valence-corrected chi connectivity index (χ3v) is 7.48. The molecular formula is C22H26O6S. The van der Waals surface area contributed by atoms with E-state index < -0.39 is 47.9 Å². The molecule has 2 heterocycles. The Morgan fingerprint density at radius 3 is 2.34 bits per heavy atom. The van der Waals surface area contributed by atoms with Crippen LogP contribution in [0.15, 0.2) is 47.4 Å². The molecule has 1 saturated heterocycles. The van der Waals surface area contributed by atoms with Crippen molar-refractivity contribution in [3.05, 3.63) is 64.7 Å². The number of aliphatic hydroxyl groups excluding tert-OH is 4. The van der Waals surface area contributed by atoms with Gasteiger partial charge < -0.3 is 25.2 Å². The maximum Gasteiger partial charge on any atom is 0.113 e. The smallest absolute Gasteiger partial charge is 0.113 e. The highest BCUT2D eigenvalue weighted by atomic mass is 32.2. The highest BCUT2D eigenvalue weighted by molar-refractivity contribution is 7.85. The van der Waals surface area contributed by atoms with E-state index in [1.165, 1.54) is 5.56 Å². The molecule has 2 aliphatic heterocycles. The maximum absolute atomic E-state index is 12.6. The van der Waals surface area contributed by atoms with E-state index in [9.17, 15) is 24.6 Å². The summed E-state index contributed by atoms with van der Waals surface area (Å²) in [7, 11) is -1.11. The number of aliphatic hydroxyl groups is 4. The predicted molar refractivity (Wildman–Crippen MR) is 108 cm³/mol. The summed E-state index contributed by atoms with van der Waals surface area (Å²) in [6.07, 6.45) is -5.05. The second kappa shape index (κ2) is 8.26. The quantitative estimate of drug-likeness (QED) is 0.591. The van der Waals surface area contributed by atoms with Crippen molar-refractivity contribution in [3.63, 3.8) is 0 Å². The summed E-state index contributed by atoms with van der Waals surface area (Å²) >= 11 is 0. The van der Waals surface area contributed by atoms with Crippen LogP contribution in [0.5, 0.6) is 0 Å². The van der Waals surface area contributed by atoms with Crippen LogP contribution < -0.4 is 0 Å². The molecule has 0 saturated carbocycles. The van der Waals surface area contributed by atoms with E-state index in [2.05, 4.69) is 31.2 Å². The molecule has 2 aliphatic rings. The number of aryl methyl sites for hydroxylation is 1. The first kappa shape index (κ1) is 20.7. The van der Waals surface area contributed by atoms with Crippen LogP contribution >= 0.6 is 0 Å². The molecule has 7 atom stereocenters. The summed E-state index contributed by atoms with van der Waals surface area (Å²) in [6.45, 7) is 1.63. The zero-order valence-corrected chi connectivity index (χ0v) is 17.0. The van der Waals surface area contributed by atoms with Gasteiger partial charge in [-0.05, 0) is 34.7 Å². The van der Waals surface area contributed by atoms with Crippen LogP contribution in [0.2, 0.25) is 0 Å². The molecule has 2 aromatic rings. The molecule has 7 heteroatoms. The first-order valence-corrected chi connectivity index (χ1v) is 11.2. The highest BCUT2D eigenvalue weighted by Gasteiger charge is 2.44. The first-order valence-electron chi connectivity index (χ1n) is 9.86. The number of benzene rings is 2. The second-order valence-electron chi connectivity index (χ2n) is 7.71. The summed E-state index contributed by atoms with van der Waals surface area (Å²) in [5.74, 6) is 0.473. The van der Waals surface area contributed by atoms with E-state index >= 15 is 0 Å². The molecule has 0 spiro atoms. The molecule has 29 heavy (non-hydrogen) atoms. The van der Waals surface area contributed by atoms with Gasteiger partial charge in [0.2, 0.25) is 0 Å². The number of rotatable bonds is 4. The fourth-order valence-electron chi connectivity index (χ4n) is 4.19. The van der Waals surface area contributed by atoms with Gasteiger partial charge in [-0.25, -0.2) is 0 Å². The summed E-state index contributed by atoms with van der Waals surface area (Å²) in [6, 6.07) is 13.7. The van der Waals surface area contributed by atoms with Crippen molar-refractivity contribution in [2.45, 2.75) is 54.7 Å². The van der Waals surface area contributed by atoms with Crippen LogP contribution in [0.1, 0.15) is 41.2 Å². The van der Waals surface area contributed by atoms with Gasteiger partial charge in [0.05, 0.1) is 17.4 Å². The lowest BCUT2D eigenvalue weighted by atomic mass is 9.87. The van der Waals surface area contributed by atoms with Crippen molar-refractivity contribution in [1.82, 2.24) is 0 Å². The Kier molecular flexibility index (Phi) is 5.88. The molecule has 0 amide bonds. The molecule has 2 aromatic carbocycles. The second-order valence-corrected chi connectivity index (χ2v) is 9.17. The van der Waals surface area contributed by atoms with Gasteiger partial charge in [-0.15, -0.1) is 0 Å². The van der Waals surface area contributed by atoms with Crippen molar-refractivity contribution < 1.29 is 29.4 Å². The van der Waals surface area contributed by atoms with Crippen molar-refractivity contribution in [2.24, 2.45) is 0 Å². The standard InChI is InChI=1S/C22H26O6S/c1-2-12-3-5-13(6-4-12)16-11-29(27)18-8-7-14(9-15(16)18)22-21(26)20(25)19(24)17(10-23)28-22/h3-9,16-17,19-26H,2,10-11H2,1H3. The monoisotopic (exact) mass is 418 g/mol. The lowest BCUT2D eigenvalue weighted by molar-refractivity contribution is -0.231. The summed E-state index contributed by atoms with van der Waals surface area (Å²) in [4.78, 5) is 0.767. The molecule has 7 unspecified atom stereocenters. The van der Waals surface area contributed by atoms with Gasteiger partial charge >= 0.3 is 0 Å². The maximum atomic E-state index is 12.6. The minimum atomic E-state index is -1.43. The lowest BCUT2D eigenvalue weighted by Crippen LogP contribution is -2.55. The third-order valence-electron chi connectivity index (χ3n) is 5.98. The van der Waals surface area contributed by atoms with Gasteiger partial charge in [-0.1, -0.05) is 43.3 Å². The normalized spacial score (nSPS) is 34.2. The molecule has 0 radical (unpaired) electrons. The zero-order chi connectivity index (χ0) is 20.7. The van der Waals surface area contributed by atoms with Crippen LogP contribution in [0.3, 0.4) is 0 Å². The Balaban J connectivity index is 1.69. The SMILES string of the molecule is CCc1ccc(C2CS(=O)c3ccc(C4OC(CO)C(O)C(O)C4O)cc32)cc1. The minimum Gasteiger partial charge on any atom is -0.394 e. The van der Waals surface area contributed by atoms with Gasteiger partial charge in [0.25, 0.3) is 0 Å². The van der Waals surface area contributed by atoms with Crippen LogP contribution in [0.4, 0.5) is 0 Å². The number of ether oxygens (including phenoxy) is 1. The van der Waals surface area contributed by atoms with Crippen LogP contribution in [0.25, 0.3) is 0 Å². The molecule has 0 aliphatic carbocycles. The Hall–Kier alpha value is -1.61. The van der Waals surface area contributed by atoms with Crippen LogP contribution in [0, 0.1) is 0 Å². The van der Waals surface area contributed by atoms with E-state index in [0.717, 1.165) is 22.4 Å². The average Bonchev–Trinajstić information content (AvgIpc) is 3.08. The Bertz CT molecular complexity index is 897. The summed E-state index contributed by atoms with van der Waals surface area (Å²) < 4.78 is 18.3. The Morgan fingerprint density at radius 1 is 1.00 bits per heavy atom. The van der Waals surface area contributed by atoms with Crippen LogP contribution in [-0.4, -0.2) is 61.4 Å². The summed E-state index contributed by atoms with van der Waals surface area (Å²) in [5.41, 5.74) is 3.86. The Morgan fingerprint density at radius 2 is 1.69 bits per heavy atom. The minimum absolute atomic E-state index is 0.0263.